The largest absolute Gasteiger partial charge is 0.478 e. The number of carboxylic acids is 1. The zero-order valence-corrected chi connectivity index (χ0v) is 10.9. The number of aromatic carboxylic acids is 1. The van der Waals surface area contributed by atoms with Gasteiger partial charge in [0, 0.05) is 11.7 Å². The van der Waals surface area contributed by atoms with E-state index in [1.54, 1.807) is 12.1 Å². The third-order valence-electron chi connectivity index (χ3n) is 3.88. The molecule has 0 aromatic heterocycles. The van der Waals surface area contributed by atoms with Crippen molar-refractivity contribution in [1.82, 2.24) is 0 Å². The van der Waals surface area contributed by atoms with Crippen LogP contribution in [0.15, 0.2) is 24.3 Å². The second kappa shape index (κ2) is 5.89. The normalized spacial score (nSPS) is 18.3. The highest BCUT2D eigenvalue weighted by molar-refractivity contribution is 5.87. The molecule has 0 saturated heterocycles. The van der Waals surface area contributed by atoms with Crippen molar-refractivity contribution in [2.45, 2.75) is 45.1 Å². The van der Waals surface area contributed by atoms with E-state index in [1.807, 2.05) is 12.1 Å². The molecule has 0 spiro atoms. The summed E-state index contributed by atoms with van der Waals surface area (Å²) < 4.78 is 0. The van der Waals surface area contributed by atoms with Crippen LogP contribution in [0.25, 0.3) is 0 Å². The molecule has 1 fully saturated rings. The third-order valence-corrected chi connectivity index (χ3v) is 3.88. The Balaban J connectivity index is 1.93. The summed E-state index contributed by atoms with van der Waals surface area (Å²) in [5.74, 6) is -0.125. The number of anilines is 1. The zero-order chi connectivity index (χ0) is 13.0. The molecular weight excluding hydrogens is 226 g/mol. The van der Waals surface area contributed by atoms with Crippen LogP contribution in [0.2, 0.25) is 0 Å². The van der Waals surface area contributed by atoms with Gasteiger partial charge in [-0.1, -0.05) is 19.3 Å². The second-order valence-electron chi connectivity index (χ2n) is 5.21. The number of nitrogens with one attached hydrogen (secondary N) is 1. The number of carboxylic acid groups (broad SMARTS) is 1. The van der Waals surface area contributed by atoms with E-state index < -0.39 is 5.97 Å². The second-order valence-corrected chi connectivity index (χ2v) is 5.21. The Bertz CT molecular complexity index is 393. The van der Waals surface area contributed by atoms with Gasteiger partial charge in [0.1, 0.15) is 0 Å². The van der Waals surface area contributed by atoms with E-state index in [4.69, 9.17) is 5.11 Å². The first kappa shape index (κ1) is 12.9. The van der Waals surface area contributed by atoms with Gasteiger partial charge in [-0.15, -0.1) is 0 Å². The van der Waals surface area contributed by atoms with Gasteiger partial charge in [-0.05, 0) is 49.9 Å². The van der Waals surface area contributed by atoms with Crippen LogP contribution < -0.4 is 5.32 Å². The van der Waals surface area contributed by atoms with Gasteiger partial charge in [-0.2, -0.15) is 0 Å². The molecule has 1 aliphatic carbocycles. The summed E-state index contributed by atoms with van der Waals surface area (Å²) in [6, 6.07) is 7.46. The quantitative estimate of drug-likeness (QED) is 0.851. The average molecular weight is 247 g/mol. The van der Waals surface area contributed by atoms with Crippen LogP contribution in [-0.4, -0.2) is 17.1 Å². The fourth-order valence-corrected chi connectivity index (χ4v) is 2.72. The van der Waals surface area contributed by atoms with Gasteiger partial charge in [0.15, 0.2) is 0 Å². The van der Waals surface area contributed by atoms with Crippen LogP contribution in [0.1, 0.15) is 49.4 Å². The molecule has 2 rings (SSSR count). The molecule has 3 heteroatoms. The Hall–Kier alpha value is -1.51. The summed E-state index contributed by atoms with van der Waals surface area (Å²) in [5, 5.41) is 12.3. The van der Waals surface area contributed by atoms with Crippen LogP contribution in [-0.2, 0) is 0 Å². The van der Waals surface area contributed by atoms with Crippen molar-refractivity contribution in [3.05, 3.63) is 29.8 Å². The van der Waals surface area contributed by atoms with Crippen molar-refractivity contribution in [2.24, 2.45) is 5.92 Å². The lowest BCUT2D eigenvalue weighted by Gasteiger charge is -2.29. The highest BCUT2D eigenvalue weighted by Gasteiger charge is 2.19. The molecular formula is C15H21NO2. The highest BCUT2D eigenvalue weighted by atomic mass is 16.4. The Morgan fingerprint density at radius 2 is 1.83 bits per heavy atom. The van der Waals surface area contributed by atoms with E-state index in [9.17, 15) is 4.79 Å². The Morgan fingerprint density at radius 3 is 2.39 bits per heavy atom. The van der Waals surface area contributed by atoms with Crippen molar-refractivity contribution >= 4 is 11.7 Å². The summed E-state index contributed by atoms with van der Waals surface area (Å²) in [7, 11) is 0. The lowest BCUT2D eigenvalue weighted by atomic mass is 9.84. The molecule has 1 aromatic carbocycles. The van der Waals surface area contributed by atoms with Crippen LogP contribution in [0.4, 0.5) is 5.69 Å². The molecule has 0 amide bonds. The third kappa shape index (κ3) is 3.25. The van der Waals surface area contributed by atoms with Gasteiger partial charge < -0.3 is 10.4 Å². The fraction of sp³-hybridized carbons (Fsp3) is 0.533. The maximum atomic E-state index is 10.8. The van der Waals surface area contributed by atoms with Gasteiger partial charge in [-0.3, -0.25) is 0 Å². The van der Waals surface area contributed by atoms with Crippen LogP contribution in [0.3, 0.4) is 0 Å². The van der Waals surface area contributed by atoms with E-state index in [-0.39, 0.29) is 0 Å². The number of carbonyl (C=O) groups is 1. The van der Waals surface area contributed by atoms with Crippen LogP contribution in [0, 0.1) is 5.92 Å². The standard InChI is InChI=1S/C15H21NO2/c1-11(12-5-3-2-4-6-12)16-14-9-7-13(8-10-14)15(17)18/h7-12,16H,2-6H2,1H3,(H,17,18). The summed E-state index contributed by atoms with van der Waals surface area (Å²) >= 11 is 0. The summed E-state index contributed by atoms with van der Waals surface area (Å²) in [4.78, 5) is 10.8. The Labute approximate surface area is 108 Å². The lowest BCUT2D eigenvalue weighted by molar-refractivity contribution is 0.0697. The number of hydrogen-bond donors (Lipinski definition) is 2. The molecule has 1 unspecified atom stereocenters. The summed E-state index contributed by atoms with van der Waals surface area (Å²) in [6.07, 6.45) is 6.67. The Kier molecular flexibility index (Phi) is 4.24. The van der Waals surface area contributed by atoms with Gasteiger partial charge in [0.2, 0.25) is 0 Å². The van der Waals surface area contributed by atoms with Gasteiger partial charge in [0.25, 0.3) is 0 Å². The molecule has 18 heavy (non-hydrogen) atoms. The molecule has 2 N–H and O–H groups in total. The minimum absolute atomic E-state index is 0.339. The SMILES string of the molecule is CC(Nc1ccc(C(=O)O)cc1)C1CCCCC1. The highest BCUT2D eigenvalue weighted by Crippen LogP contribution is 2.28. The van der Waals surface area contributed by atoms with Crippen molar-refractivity contribution in [2.75, 3.05) is 5.32 Å². The number of rotatable bonds is 4. The minimum atomic E-state index is -0.873. The predicted octanol–water partition coefficient (Wildman–Crippen LogP) is 3.77. The van der Waals surface area contributed by atoms with E-state index in [0.717, 1.165) is 11.6 Å². The van der Waals surface area contributed by atoms with E-state index in [0.29, 0.717) is 11.6 Å². The van der Waals surface area contributed by atoms with E-state index in [2.05, 4.69) is 12.2 Å². The predicted molar refractivity (Wildman–Crippen MR) is 73.1 cm³/mol. The van der Waals surface area contributed by atoms with Crippen molar-refractivity contribution in [1.29, 1.82) is 0 Å². The average Bonchev–Trinajstić information content (AvgIpc) is 2.40. The molecule has 1 saturated carbocycles. The summed E-state index contributed by atoms with van der Waals surface area (Å²) in [6.45, 7) is 2.22. The first-order chi connectivity index (χ1) is 8.66. The van der Waals surface area contributed by atoms with Crippen molar-refractivity contribution in [3.8, 4) is 0 Å². The first-order valence-electron chi connectivity index (χ1n) is 6.76. The number of hydrogen-bond acceptors (Lipinski definition) is 2. The lowest BCUT2D eigenvalue weighted by Crippen LogP contribution is -2.27. The molecule has 0 radical (unpaired) electrons. The van der Waals surface area contributed by atoms with E-state index in [1.165, 1.54) is 32.1 Å². The van der Waals surface area contributed by atoms with Gasteiger partial charge in [-0.25, -0.2) is 4.79 Å². The Morgan fingerprint density at radius 1 is 1.22 bits per heavy atom. The fourth-order valence-electron chi connectivity index (χ4n) is 2.72. The molecule has 1 atom stereocenters. The maximum absolute atomic E-state index is 10.8. The van der Waals surface area contributed by atoms with Crippen molar-refractivity contribution < 1.29 is 9.90 Å². The van der Waals surface area contributed by atoms with Crippen LogP contribution in [0.5, 0.6) is 0 Å². The van der Waals surface area contributed by atoms with E-state index >= 15 is 0 Å². The molecule has 0 bridgehead atoms. The molecule has 3 nitrogen and oxygen atoms in total. The van der Waals surface area contributed by atoms with Crippen LogP contribution >= 0.6 is 0 Å². The topological polar surface area (TPSA) is 49.3 Å². The zero-order valence-electron chi connectivity index (χ0n) is 10.9. The maximum Gasteiger partial charge on any atom is 0.335 e. The first-order valence-corrected chi connectivity index (χ1v) is 6.76. The van der Waals surface area contributed by atoms with Gasteiger partial charge in [0.05, 0.1) is 5.56 Å². The summed E-state index contributed by atoms with van der Waals surface area (Å²) in [5.41, 5.74) is 1.35. The molecule has 1 aromatic rings. The molecule has 0 aliphatic heterocycles. The molecule has 0 heterocycles. The minimum Gasteiger partial charge on any atom is -0.478 e. The van der Waals surface area contributed by atoms with Gasteiger partial charge >= 0.3 is 5.97 Å². The number of benzene rings is 1. The monoisotopic (exact) mass is 247 g/mol. The van der Waals surface area contributed by atoms with Crippen molar-refractivity contribution in [3.63, 3.8) is 0 Å². The smallest absolute Gasteiger partial charge is 0.335 e. The molecule has 1 aliphatic rings. The molecule has 98 valence electrons.